The summed E-state index contributed by atoms with van der Waals surface area (Å²) in [6, 6.07) is 5.66. The Balaban J connectivity index is 1.96. The van der Waals surface area contributed by atoms with Crippen molar-refractivity contribution in [2.24, 2.45) is 0 Å². The molecule has 27 heavy (non-hydrogen) atoms. The van der Waals surface area contributed by atoms with Crippen molar-refractivity contribution in [3.8, 4) is 10.4 Å². The summed E-state index contributed by atoms with van der Waals surface area (Å²) in [6.07, 6.45) is -3.13. The number of nitrogens with one attached hydrogen (secondary N) is 2. The van der Waals surface area contributed by atoms with Gasteiger partial charge in [0, 0.05) is 28.6 Å². The summed E-state index contributed by atoms with van der Waals surface area (Å²) in [5.41, 5.74) is -1.44. The van der Waals surface area contributed by atoms with E-state index in [1.54, 1.807) is 12.1 Å². The standard InChI is InChI=1S/C16H18F3N3O3S2/c1-15(2,23)8-21-27(24,25)13-4-3-11(26-13)9-5-6-20-14-10(9)7-12(22-14)16(17,18)19/h3-7,21,23-25H,8H2,1-2H3,(H,20,22). The molecular formula is C16H18F3N3O3S2. The molecule has 0 saturated carbocycles. The van der Waals surface area contributed by atoms with Crippen LogP contribution in [0.1, 0.15) is 19.5 Å². The summed E-state index contributed by atoms with van der Waals surface area (Å²) in [5.74, 6) is 0. The number of nitrogens with zero attached hydrogens (tertiary/aromatic N) is 1. The van der Waals surface area contributed by atoms with Gasteiger partial charge in [-0.1, -0.05) is 0 Å². The largest absolute Gasteiger partial charge is 0.431 e. The van der Waals surface area contributed by atoms with Crippen LogP contribution in [0.4, 0.5) is 13.2 Å². The van der Waals surface area contributed by atoms with E-state index >= 15 is 0 Å². The van der Waals surface area contributed by atoms with Crippen LogP contribution < -0.4 is 4.72 Å². The number of hydrogen-bond donors (Lipinski definition) is 5. The van der Waals surface area contributed by atoms with Crippen molar-refractivity contribution in [1.82, 2.24) is 14.7 Å². The van der Waals surface area contributed by atoms with Gasteiger partial charge in [0.25, 0.3) is 0 Å². The summed E-state index contributed by atoms with van der Waals surface area (Å²) < 4.78 is 62.2. The lowest BCUT2D eigenvalue weighted by Gasteiger charge is -2.33. The molecule has 0 aliphatic heterocycles. The molecule has 0 aliphatic rings. The van der Waals surface area contributed by atoms with Crippen LogP contribution in [0.5, 0.6) is 0 Å². The van der Waals surface area contributed by atoms with Crippen molar-refractivity contribution < 1.29 is 27.4 Å². The van der Waals surface area contributed by atoms with Gasteiger partial charge in [0.15, 0.2) is 0 Å². The molecule has 0 spiro atoms. The number of hydrogen-bond acceptors (Lipinski definition) is 6. The summed E-state index contributed by atoms with van der Waals surface area (Å²) in [6.45, 7) is 3.00. The minimum absolute atomic E-state index is 0.0468. The number of pyridine rings is 1. The zero-order valence-electron chi connectivity index (χ0n) is 14.3. The fraction of sp³-hybridized carbons (Fsp3) is 0.312. The molecule has 0 aliphatic carbocycles. The summed E-state index contributed by atoms with van der Waals surface area (Å²) in [5, 5.41) is 10.0. The fourth-order valence-electron chi connectivity index (χ4n) is 2.36. The zero-order chi connectivity index (χ0) is 20.0. The number of halogens is 3. The molecule has 0 fully saturated rings. The van der Waals surface area contributed by atoms with E-state index in [1.807, 2.05) is 0 Å². The van der Waals surface area contributed by atoms with Crippen molar-refractivity contribution in [2.45, 2.75) is 29.8 Å². The second kappa shape index (κ2) is 6.76. The molecule has 0 saturated heterocycles. The van der Waals surface area contributed by atoms with Gasteiger partial charge in [0.1, 0.15) is 15.6 Å². The molecule has 0 amide bonds. The van der Waals surface area contributed by atoms with E-state index < -0.39 is 28.2 Å². The Morgan fingerprint density at radius 2 is 1.93 bits per heavy atom. The molecule has 3 heterocycles. The molecule has 0 atom stereocenters. The smallest absolute Gasteiger partial charge is 0.389 e. The third-order valence-corrected chi connectivity index (χ3v) is 6.78. The van der Waals surface area contributed by atoms with Gasteiger partial charge in [-0.05, 0) is 38.1 Å². The lowest BCUT2D eigenvalue weighted by molar-refractivity contribution is -0.140. The number of H-pyrrole nitrogens is 1. The average Bonchev–Trinajstić information content (AvgIpc) is 3.19. The van der Waals surface area contributed by atoms with E-state index in [2.05, 4.69) is 14.7 Å². The van der Waals surface area contributed by atoms with E-state index in [1.165, 1.54) is 26.1 Å². The number of aliphatic hydroxyl groups is 1. The maximum atomic E-state index is 13.0. The minimum Gasteiger partial charge on any atom is -0.389 e. The molecule has 0 unspecified atom stereocenters. The van der Waals surface area contributed by atoms with Crippen molar-refractivity contribution in [3.05, 3.63) is 36.2 Å². The quantitative estimate of drug-likeness (QED) is 0.411. The van der Waals surface area contributed by atoms with E-state index in [0.29, 0.717) is 15.8 Å². The van der Waals surface area contributed by atoms with Crippen molar-refractivity contribution in [3.63, 3.8) is 0 Å². The topological polar surface area (TPSA) is 101 Å². The first kappa shape index (κ1) is 20.1. The predicted molar refractivity (Wildman–Crippen MR) is 99.8 cm³/mol. The third kappa shape index (κ3) is 4.45. The average molecular weight is 421 g/mol. The molecule has 11 heteroatoms. The van der Waals surface area contributed by atoms with Gasteiger partial charge in [-0.25, -0.2) is 9.71 Å². The molecule has 148 valence electrons. The SMILES string of the molecule is CC(C)(O)CNS(O)(O)c1ccc(-c2ccnc3[nH]c(C(F)(F)F)cc23)s1. The van der Waals surface area contributed by atoms with E-state index in [9.17, 15) is 27.4 Å². The number of rotatable bonds is 5. The number of fused-ring (bicyclic) bond motifs is 1. The van der Waals surface area contributed by atoms with Gasteiger partial charge in [-0.15, -0.1) is 22.1 Å². The molecule has 3 aromatic rings. The monoisotopic (exact) mass is 421 g/mol. The van der Waals surface area contributed by atoms with Crippen LogP contribution in [0, 0.1) is 0 Å². The Morgan fingerprint density at radius 3 is 2.56 bits per heavy atom. The Bertz CT molecular complexity index is 961. The zero-order valence-corrected chi connectivity index (χ0v) is 16.0. The molecule has 0 bridgehead atoms. The third-order valence-electron chi connectivity index (χ3n) is 3.67. The Hall–Kier alpha value is -1.63. The second-order valence-corrected chi connectivity index (χ2v) is 9.77. The highest BCUT2D eigenvalue weighted by atomic mass is 32.3. The van der Waals surface area contributed by atoms with E-state index in [0.717, 1.165) is 17.4 Å². The molecule has 6 nitrogen and oxygen atoms in total. The van der Waals surface area contributed by atoms with Crippen molar-refractivity contribution >= 4 is 33.1 Å². The Labute approximate surface area is 158 Å². The number of aromatic amines is 1. The first-order valence-electron chi connectivity index (χ1n) is 7.77. The highest BCUT2D eigenvalue weighted by Crippen LogP contribution is 2.50. The van der Waals surface area contributed by atoms with E-state index in [-0.39, 0.29) is 16.4 Å². The lowest BCUT2D eigenvalue weighted by Crippen LogP contribution is -2.36. The van der Waals surface area contributed by atoms with Crippen molar-refractivity contribution in [1.29, 1.82) is 0 Å². The summed E-state index contributed by atoms with van der Waals surface area (Å²) >= 11 is 1.05. The molecule has 0 aromatic carbocycles. The molecular weight excluding hydrogens is 403 g/mol. The molecule has 0 radical (unpaired) electrons. The number of thiophene rings is 1. The van der Waals surface area contributed by atoms with Gasteiger partial charge >= 0.3 is 6.18 Å². The lowest BCUT2D eigenvalue weighted by atomic mass is 10.1. The number of aromatic nitrogens is 2. The van der Waals surface area contributed by atoms with Crippen LogP contribution in [-0.4, -0.2) is 36.3 Å². The first-order valence-corrected chi connectivity index (χ1v) is 10.1. The summed E-state index contributed by atoms with van der Waals surface area (Å²) in [4.78, 5) is 6.75. The van der Waals surface area contributed by atoms with E-state index in [4.69, 9.17) is 0 Å². The minimum atomic E-state index is -4.52. The van der Waals surface area contributed by atoms with Gasteiger partial charge in [-0.2, -0.15) is 13.2 Å². The van der Waals surface area contributed by atoms with Crippen LogP contribution in [0.25, 0.3) is 21.5 Å². The number of alkyl halides is 3. The van der Waals surface area contributed by atoms with Crippen LogP contribution in [0.15, 0.2) is 34.7 Å². The molecule has 5 N–H and O–H groups in total. The normalized spacial score (nSPS) is 14.1. The van der Waals surface area contributed by atoms with Crippen LogP contribution >= 0.6 is 22.1 Å². The second-order valence-electron chi connectivity index (χ2n) is 6.60. The van der Waals surface area contributed by atoms with Gasteiger partial charge in [0.2, 0.25) is 0 Å². The highest BCUT2D eigenvalue weighted by Gasteiger charge is 2.33. The van der Waals surface area contributed by atoms with Crippen LogP contribution in [-0.2, 0) is 6.18 Å². The maximum absolute atomic E-state index is 13.0. The fourth-order valence-corrected chi connectivity index (χ4v) is 5.00. The Morgan fingerprint density at radius 1 is 1.22 bits per heavy atom. The Kier molecular flexibility index (Phi) is 5.04. The van der Waals surface area contributed by atoms with Gasteiger partial charge in [-0.3, -0.25) is 9.11 Å². The van der Waals surface area contributed by atoms with Gasteiger partial charge < -0.3 is 10.1 Å². The van der Waals surface area contributed by atoms with Crippen LogP contribution in [0.2, 0.25) is 0 Å². The first-order chi connectivity index (χ1) is 12.4. The molecule has 3 aromatic heterocycles. The van der Waals surface area contributed by atoms with Crippen LogP contribution in [0.3, 0.4) is 0 Å². The van der Waals surface area contributed by atoms with Gasteiger partial charge in [0.05, 0.1) is 5.60 Å². The summed E-state index contributed by atoms with van der Waals surface area (Å²) in [7, 11) is -3.35. The van der Waals surface area contributed by atoms with Crippen molar-refractivity contribution in [2.75, 3.05) is 6.54 Å². The maximum Gasteiger partial charge on any atom is 0.431 e. The predicted octanol–water partition coefficient (Wildman–Crippen LogP) is 4.70. The highest BCUT2D eigenvalue weighted by molar-refractivity contribution is 8.24. The molecule has 3 rings (SSSR count).